The summed E-state index contributed by atoms with van der Waals surface area (Å²) in [6.45, 7) is 9.67. The molecule has 0 saturated carbocycles. The van der Waals surface area contributed by atoms with Gasteiger partial charge in [-0.2, -0.15) is 4.89 Å². The van der Waals surface area contributed by atoms with Gasteiger partial charge >= 0.3 is 6.16 Å². The van der Waals surface area contributed by atoms with Gasteiger partial charge in [0, 0.05) is 12.8 Å². The van der Waals surface area contributed by atoms with E-state index in [1.807, 2.05) is 27.7 Å². The molecule has 0 spiro atoms. The highest BCUT2D eigenvalue weighted by Crippen LogP contribution is 2.29. The molecule has 1 atom stereocenters. The van der Waals surface area contributed by atoms with Crippen molar-refractivity contribution in [2.24, 2.45) is 0 Å². The molecule has 0 bridgehead atoms. The molecule has 0 radical (unpaired) electrons. The van der Waals surface area contributed by atoms with Crippen molar-refractivity contribution in [3.05, 3.63) is 0 Å². The predicted octanol–water partition coefficient (Wildman–Crippen LogP) is 4.50. The summed E-state index contributed by atoms with van der Waals surface area (Å²) < 4.78 is 4.94. The van der Waals surface area contributed by atoms with E-state index in [0.717, 1.165) is 25.7 Å². The third-order valence-electron chi connectivity index (χ3n) is 3.24. The summed E-state index contributed by atoms with van der Waals surface area (Å²) in [6.07, 6.45) is 3.24. The fourth-order valence-electron chi connectivity index (χ4n) is 1.47. The highest BCUT2D eigenvalue weighted by atomic mass is 17.2. The van der Waals surface area contributed by atoms with E-state index in [1.165, 1.54) is 0 Å². The molecule has 0 amide bonds. The Kier molecular flexibility index (Phi) is 8.02. The van der Waals surface area contributed by atoms with Crippen LogP contribution in [0.4, 0.5) is 4.79 Å². The van der Waals surface area contributed by atoms with Gasteiger partial charge in [0.1, 0.15) is 0 Å². The lowest BCUT2D eigenvalue weighted by Crippen LogP contribution is -2.40. The Morgan fingerprint density at radius 2 is 1.68 bits per heavy atom. The number of hydrogen-bond donors (Lipinski definition) is 1. The smallest absolute Gasteiger partial charge is 0.450 e. The fraction of sp³-hybridized carbons (Fsp3) is 0.929. The molecule has 5 nitrogen and oxygen atoms in total. The van der Waals surface area contributed by atoms with Crippen LogP contribution in [0.25, 0.3) is 0 Å². The lowest BCUT2D eigenvalue weighted by atomic mass is 10.1. The lowest BCUT2D eigenvalue weighted by molar-refractivity contribution is -0.455. The molecular formula is C14H28O5. The zero-order valence-corrected chi connectivity index (χ0v) is 12.8. The Balaban J connectivity index is 4.66. The second-order valence-electron chi connectivity index (χ2n) is 5.37. The van der Waals surface area contributed by atoms with Crippen molar-refractivity contribution < 1.29 is 24.4 Å². The lowest BCUT2D eigenvalue weighted by Gasteiger charge is -2.33. The molecule has 114 valence electrons. The van der Waals surface area contributed by atoms with Crippen molar-refractivity contribution >= 4 is 6.16 Å². The van der Waals surface area contributed by atoms with Crippen molar-refractivity contribution in [2.45, 2.75) is 84.5 Å². The van der Waals surface area contributed by atoms with Gasteiger partial charge in [-0.25, -0.2) is 9.68 Å². The molecule has 0 aromatic rings. The van der Waals surface area contributed by atoms with Gasteiger partial charge in [0.15, 0.2) is 0 Å². The maximum absolute atomic E-state index is 10.8. The van der Waals surface area contributed by atoms with Crippen LogP contribution in [-0.4, -0.2) is 22.7 Å². The van der Waals surface area contributed by atoms with Gasteiger partial charge in [-0.1, -0.05) is 33.6 Å². The van der Waals surface area contributed by atoms with Crippen molar-refractivity contribution in [1.82, 2.24) is 0 Å². The first-order valence-corrected chi connectivity index (χ1v) is 7.09. The zero-order chi connectivity index (χ0) is 14.9. The number of carboxylic acid groups (broad SMARTS) is 1. The second kappa shape index (κ2) is 8.38. The minimum atomic E-state index is -1.34. The first-order valence-electron chi connectivity index (χ1n) is 7.09. The van der Waals surface area contributed by atoms with Crippen LogP contribution in [0.5, 0.6) is 0 Å². The predicted molar refractivity (Wildman–Crippen MR) is 72.8 cm³/mol. The van der Waals surface area contributed by atoms with Crippen LogP contribution in [0.15, 0.2) is 0 Å². The van der Waals surface area contributed by atoms with Crippen molar-refractivity contribution in [3.63, 3.8) is 0 Å². The average Bonchev–Trinajstić information content (AvgIpc) is 2.35. The molecule has 5 heteroatoms. The van der Waals surface area contributed by atoms with Gasteiger partial charge in [-0.05, 0) is 26.7 Å². The van der Waals surface area contributed by atoms with Crippen molar-refractivity contribution in [1.29, 1.82) is 0 Å². The number of ether oxygens (including phenoxy) is 1. The van der Waals surface area contributed by atoms with Crippen LogP contribution in [0.2, 0.25) is 0 Å². The molecule has 0 saturated heterocycles. The molecule has 0 rings (SSSR count). The molecule has 0 aromatic heterocycles. The molecule has 0 aliphatic heterocycles. The maximum atomic E-state index is 10.8. The quantitative estimate of drug-likeness (QED) is 0.209. The Morgan fingerprint density at radius 1 is 1.05 bits per heavy atom. The second-order valence-corrected chi connectivity index (χ2v) is 5.37. The molecule has 0 fully saturated rings. The van der Waals surface area contributed by atoms with Gasteiger partial charge in [0.25, 0.3) is 0 Å². The summed E-state index contributed by atoms with van der Waals surface area (Å²) in [5.74, 6) is -1.20. The molecule has 0 aliphatic carbocycles. The highest BCUT2D eigenvalue weighted by molar-refractivity contribution is 5.57. The molecule has 1 unspecified atom stereocenters. The van der Waals surface area contributed by atoms with E-state index in [-0.39, 0.29) is 0 Å². The molecule has 0 heterocycles. The summed E-state index contributed by atoms with van der Waals surface area (Å²) >= 11 is 0. The minimum absolute atomic E-state index is 0.419. The van der Waals surface area contributed by atoms with Gasteiger partial charge in [-0.3, -0.25) is 0 Å². The largest absolute Gasteiger partial charge is 0.508 e. The van der Waals surface area contributed by atoms with E-state index in [4.69, 9.17) is 19.6 Å². The Bertz CT molecular complexity index is 265. The fourth-order valence-corrected chi connectivity index (χ4v) is 1.47. The molecule has 0 aromatic carbocycles. The normalized spacial score (nSPS) is 15.0. The number of carbonyl (C=O) groups is 1. The third-order valence-corrected chi connectivity index (χ3v) is 3.24. The van der Waals surface area contributed by atoms with E-state index < -0.39 is 17.5 Å². The number of rotatable bonds is 10. The summed E-state index contributed by atoms with van der Waals surface area (Å²) in [5.41, 5.74) is -0.465. The van der Waals surface area contributed by atoms with Crippen molar-refractivity contribution in [3.8, 4) is 0 Å². The summed E-state index contributed by atoms with van der Waals surface area (Å²) in [6, 6.07) is 0. The van der Waals surface area contributed by atoms with Gasteiger partial charge in [0.2, 0.25) is 5.79 Å². The Labute approximate surface area is 116 Å². The van der Waals surface area contributed by atoms with Crippen molar-refractivity contribution in [2.75, 3.05) is 0 Å². The molecule has 19 heavy (non-hydrogen) atoms. The van der Waals surface area contributed by atoms with E-state index in [2.05, 4.69) is 6.92 Å². The van der Waals surface area contributed by atoms with Gasteiger partial charge < -0.3 is 9.84 Å². The molecule has 0 aliphatic rings. The zero-order valence-electron chi connectivity index (χ0n) is 12.8. The minimum Gasteiger partial charge on any atom is -0.450 e. The first kappa shape index (κ1) is 18.2. The highest BCUT2D eigenvalue weighted by Gasteiger charge is 2.37. The van der Waals surface area contributed by atoms with E-state index in [0.29, 0.717) is 12.8 Å². The molecule has 1 N–H and O–H groups in total. The van der Waals surface area contributed by atoms with E-state index >= 15 is 0 Å². The monoisotopic (exact) mass is 276 g/mol. The van der Waals surface area contributed by atoms with Crippen LogP contribution in [-0.2, 0) is 14.5 Å². The average molecular weight is 276 g/mol. The van der Waals surface area contributed by atoms with Crippen LogP contribution in [0.1, 0.15) is 73.1 Å². The topological polar surface area (TPSA) is 65.0 Å². The van der Waals surface area contributed by atoms with Crippen LogP contribution in [0.3, 0.4) is 0 Å². The number of unbranched alkanes of at least 4 members (excludes halogenated alkanes) is 2. The van der Waals surface area contributed by atoms with Gasteiger partial charge in [-0.15, -0.1) is 0 Å². The standard InChI is InChI=1S/C14H28O5/c1-6-9-10-11-14(8-3,17-12(15)16)19-18-13(4,5)7-2/h6-11H2,1-5H3,(H,15,16). The maximum Gasteiger partial charge on any atom is 0.508 e. The van der Waals surface area contributed by atoms with Gasteiger partial charge in [0.05, 0.1) is 5.60 Å². The Morgan fingerprint density at radius 3 is 2.11 bits per heavy atom. The first-order chi connectivity index (χ1) is 8.81. The van der Waals surface area contributed by atoms with Crippen LogP contribution < -0.4 is 0 Å². The molecular weight excluding hydrogens is 248 g/mol. The van der Waals surface area contributed by atoms with E-state index in [9.17, 15) is 4.79 Å². The summed E-state index contributed by atoms with van der Waals surface area (Å²) in [7, 11) is 0. The van der Waals surface area contributed by atoms with E-state index in [1.54, 1.807) is 0 Å². The van der Waals surface area contributed by atoms with Crippen LogP contribution >= 0.6 is 0 Å². The SMILES string of the molecule is CCCCCC(CC)(OOC(C)(C)CC)OC(=O)O. The summed E-state index contributed by atoms with van der Waals surface area (Å²) in [5, 5.41) is 8.87. The van der Waals surface area contributed by atoms with Crippen LogP contribution in [0, 0.1) is 0 Å². The Hall–Kier alpha value is -0.810. The third kappa shape index (κ3) is 7.38. The number of hydrogen-bond acceptors (Lipinski definition) is 4. The summed E-state index contributed by atoms with van der Waals surface area (Å²) in [4.78, 5) is 21.6.